The number of piperidine rings is 1. The van der Waals surface area contributed by atoms with E-state index in [4.69, 9.17) is 9.26 Å². The first-order valence-corrected chi connectivity index (χ1v) is 12.8. The van der Waals surface area contributed by atoms with Crippen LogP contribution in [0.3, 0.4) is 0 Å². The lowest BCUT2D eigenvalue weighted by atomic mass is 10.1. The van der Waals surface area contributed by atoms with Crippen molar-refractivity contribution in [3.8, 4) is 17.1 Å². The minimum Gasteiger partial charge on any atom is -0.491 e. The molecule has 9 heteroatoms. The fraction of sp³-hybridized carbons (Fsp3) is 0.360. The Morgan fingerprint density at radius 2 is 1.76 bits per heavy atom. The summed E-state index contributed by atoms with van der Waals surface area (Å²) in [6.07, 6.45) is 2.88. The molecule has 8 nitrogen and oxygen atoms in total. The fourth-order valence-electron chi connectivity index (χ4n) is 3.87. The molecule has 2 aromatic carbocycles. The number of carbonyl (C=O) groups is 1. The Balaban J connectivity index is 1.43. The molecule has 0 bridgehead atoms. The molecule has 4 rings (SSSR count). The van der Waals surface area contributed by atoms with Gasteiger partial charge in [-0.25, -0.2) is 8.42 Å². The molecule has 3 aromatic rings. The summed E-state index contributed by atoms with van der Waals surface area (Å²) in [5.74, 6) is 0.812. The van der Waals surface area contributed by atoms with Gasteiger partial charge in [-0.3, -0.25) is 4.79 Å². The van der Waals surface area contributed by atoms with Gasteiger partial charge in [0, 0.05) is 30.4 Å². The summed E-state index contributed by atoms with van der Waals surface area (Å²) in [6, 6.07) is 13.4. The van der Waals surface area contributed by atoms with E-state index in [1.54, 1.807) is 18.2 Å². The van der Waals surface area contributed by atoms with Crippen LogP contribution in [0.15, 0.2) is 57.9 Å². The van der Waals surface area contributed by atoms with Crippen LogP contribution in [0.25, 0.3) is 11.3 Å². The van der Waals surface area contributed by atoms with Gasteiger partial charge >= 0.3 is 0 Å². The summed E-state index contributed by atoms with van der Waals surface area (Å²) in [5, 5.41) is 6.62. The lowest BCUT2D eigenvalue weighted by Crippen LogP contribution is -2.35. The predicted molar refractivity (Wildman–Crippen MR) is 129 cm³/mol. The number of nitrogens with one attached hydrogen (secondary N) is 1. The summed E-state index contributed by atoms with van der Waals surface area (Å²) in [4.78, 5) is 12.9. The molecular formula is C25H29N3O5S. The van der Waals surface area contributed by atoms with Crippen LogP contribution in [-0.2, 0) is 10.0 Å². The van der Waals surface area contributed by atoms with Gasteiger partial charge in [-0.05, 0) is 81.6 Å². The summed E-state index contributed by atoms with van der Waals surface area (Å²) < 4.78 is 38.2. The molecule has 0 spiro atoms. The minimum absolute atomic E-state index is 0.0732. The van der Waals surface area contributed by atoms with Crippen molar-refractivity contribution in [2.24, 2.45) is 0 Å². The lowest BCUT2D eigenvalue weighted by molar-refractivity contribution is 0.101. The molecule has 0 radical (unpaired) electrons. The van der Waals surface area contributed by atoms with E-state index >= 15 is 0 Å². The van der Waals surface area contributed by atoms with Crippen molar-refractivity contribution in [3.05, 3.63) is 59.8 Å². The van der Waals surface area contributed by atoms with E-state index in [1.165, 1.54) is 16.4 Å². The number of hydrogen-bond acceptors (Lipinski definition) is 6. The Kier molecular flexibility index (Phi) is 7.04. The van der Waals surface area contributed by atoms with Crippen molar-refractivity contribution in [2.75, 3.05) is 18.4 Å². The van der Waals surface area contributed by atoms with Crippen LogP contribution in [-0.4, -0.2) is 43.0 Å². The molecular weight excluding hydrogens is 454 g/mol. The standard InChI is InChI=1S/C25H29N3O5S/c1-17(2)32-23-12-7-19(15-18(23)3)24-16-22(27-33-24)25(29)26-20-8-10-21(11-9-20)34(30,31)28-13-5-4-6-14-28/h7-12,15-17H,4-6,13-14H2,1-3H3,(H,26,29). The monoisotopic (exact) mass is 483 g/mol. The van der Waals surface area contributed by atoms with Crippen molar-refractivity contribution < 1.29 is 22.5 Å². The molecule has 1 saturated heterocycles. The van der Waals surface area contributed by atoms with Crippen molar-refractivity contribution in [2.45, 2.75) is 51.0 Å². The van der Waals surface area contributed by atoms with E-state index in [0.29, 0.717) is 24.5 Å². The van der Waals surface area contributed by atoms with E-state index in [9.17, 15) is 13.2 Å². The number of anilines is 1. The quantitative estimate of drug-likeness (QED) is 0.515. The van der Waals surface area contributed by atoms with Crippen LogP contribution in [0.4, 0.5) is 5.69 Å². The Morgan fingerprint density at radius 1 is 1.06 bits per heavy atom. The summed E-state index contributed by atoms with van der Waals surface area (Å²) in [7, 11) is -3.52. The topological polar surface area (TPSA) is 102 Å². The summed E-state index contributed by atoms with van der Waals surface area (Å²) >= 11 is 0. The maximum absolute atomic E-state index is 12.8. The molecule has 1 aliphatic rings. The largest absolute Gasteiger partial charge is 0.491 e. The van der Waals surface area contributed by atoms with Crippen LogP contribution in [0.1, 0.15) is 49.2 Å². The maximum atomic E-state index is 12.8. The smallest absolute Gasteiger partial charge is 0.277 e. The highest BCUT2D eigenvalue weighted by Gasteiger charge is 2.25. The normalized spacial score (nSPS) is 14.8. The molecule has 0 saturated carbocycles. The van der Waals surface area contributed by atoms with E-state index < -0.39 is 15.9 Å². The van der Waals surface area contributed by atoms with Gasteiger partial charge in [-0.2, -0.15) is 4.31 Å². The Hall–Kier alpha value is -3.17. The van der Waals surface area contributed by atoms with E-state index in [2.05, 4.69) is 10.5 Å². The zero-order valence-corrected chi connectivity index (χ0v) is 20.4. The highest BCUT2D eigenvalue weighted by atomic mass is 32.2. The summed E-state index contributed by atoms with van der Waals surface area (Å²) in [6.45, 7) is 6.97. The van der Waals surface area contributed by atoms with Gasteiger partial charge in [0.2, 0.25) is 10.0 Å². The number of nitrogens with zero attached hydrogens (tertiary/aromatic N) is 2. The maximum Gasteiger partial charge on any atom is 0.277 e. The SMILES string of the molecule is Cc1cc(-c2cc(C(=O)Nc3ccc(S(=O)(=O)N4CCCCC4)cc3)no2)ccc1OC(C)C. The van der Waals surface area contributed by atoms with Gasteiger partial charge in [0.1, 0.15) is 5.75 Å². The highest BCUT2D eigenvalue weighted by molar-refractivity contribution is 7.89. The third-order valence-corrected chi connectivity index (χ3v) is 7.54. The number of hydrogen-bond donors (Lipinski definition) is 1. The number of rotatable bonds is 7. The Morgan fingerprint density at radius 3 is 2.41 bits per heavy atom. The van der Waals surface area contributed by atoms with Crippen molar-refractivity contribution in [1.29, 1.82) is 0 Å². The van der Waals surface area contributed by atoms with E-state index in [0.717, 1.165) is 36.1 Å². The van der Waals surface area contributed by atoms with Crippen molar-refractivity contribution in [1.82, 2.24) is 9.46 Å². The molecule has 1 fully saturated rings. The molecule has 1 N–H and O–H groups in total. The average Bonchev–Trinajstić information content (AvgIpc) is 3.32. The van der Waals surface area contributed by atoms with Gasteiger partial charge in [0.25, 0.3) is 5.91 Å². The van der Waals surface area contributed by atoms with Crippen LogP contribution < -0.4 is 10.1 Å². The second kappa shape index (κ2) is 9.99. The van der Waals surface area contributed by atoms with Crippen LogP contribution in [0, 0.1) is 6.92 Å². The second-order valence-electron chi connectivity index (χ2n) is 8.67. The molecule has 1 amide bonds. The Bertz CT molecular complexity index is 1260. The van der Waals surface area contributed by atoms with Gasteiger partial charge < -0.3 is 14.6 Å². The molecule has 0 aliphatic carbocycles. The molecule has 2 heterocycles. The fourth-order valence-corrected chi connectivity index (χ4v) is 5.38. The van der Waals surface area contributed by atoms with Crippen LogP contribution >= 0.6 is 0 Å². The minimum atomic E-state index is -3.52. The number of aromatic nitrogens is 1. The number of carbonyl (C=O) groups excluding carboxylic acids is 1. The van der Waals surface area contributed by atoms with Gasteiger partial charge in [-0.15, -0.1) is 0 Å². The van der Waals surface area contributed by atoms with Gasteiger partial charge in [0.05, 0.1) is 11.0 Å². The van der Waals surface area contributed by atoms with Crippen LogP contribution in [0.5, 0.6) is 5.75 Å². The molecule has 1 aliphatic heterocycles. The molecule has 180 valence electrons. The number of benzene rings is 2. The highest BCUT2D eigenvalue weighted by Crippen LogP contribution is 2.28. The first kappa shape index (κ1) is 24.0. The second-order valence-corrected chi connectivity index (χ2v) is 10.6. The average molecular weight is 484 g/mol. The first-order valence-electron chi connectivity index (χ1n) is 11.4. The number of amides is 1. The third kappa shape index (κ3) is 5.31. The number of ether oxygens (including phenoxy) is 1. The molecule has 0 unspecified atom stereocenters. The zero-order valence-electron chi connectivity index (χ0n) is 19.6. The van der Waals surface area contributed by atoms with Crippen molar-refractivity contribution >= 4 is 21.6 Å². The van der Waals surface area contributed by atoms with E-state index in [-0.39, 0.29) is 16.7 Å². The number of sulfonamides is 1. The first-order chi connectivity index (χ1) is 16.2. The molecule has 34 heavy (non-hydrogen) atoms. The summed E-state index contributed by atoms with van der Waals surface area (Å²) in [5.41, 5.74) is 2.33. The lowest BCUT2D eigenvalue weighted by Gasteiger charge is -2.25. The van der Waals surface area contributed by atoms with Gasteiger partial charge in [-0.1, -0.05) is 11.6 Å². The predicted octanol–water partition coefficient (Wildman–Crippen LogP) is 4.86. The number of aryl methyl sites for hydroxylation is 1. The van der Waals surface area contributed by atoms with E-state index in [1.807, 2.05) is 39.0 Å². The van der Waals surface area contributed by atoms with Gasteiger partial charge in [0.15, 0.2) is 11.5 Å². The van der Waals surface area contributed by atoms with Crippen LogP contribution in [0.2, 0.25) is 0 Å². The van der Waals surface area contributed by atoms with Crippen molar-refractivity contribution in [3.63, 3.8) is 0 Å². The third-order valence-electron chi connectivity index (χ3n) is 5.63. The molecule has 0 atom stereocenters. The Labute approximate surface area is 200 Å². The molecule has 1 aromatic heterocycles. The zero-order chi connectivity index (χ0) is 24.3.